The Hall–Kier alpha value is -3.40. The molecule has 4 heterocycles. The Bertz CT molecular complexity index is 1380. The molecule has 1 aromatic carbocycles. The minimum atomic E-state index is -0.219. The average molecular weight is 574 g/mol. The molecule has 7 rings (SSSR count). The molecule has 5 aliphatic rings. The molecule has 2 aromatic rings. The Morgan fingerprint density at radius 2 is 1.93 bits per heavy atom. The van der Waals surface area contributed by atoms with Crippen LogP contribution in [0.25, 0.3) is 0 Å². The molecule has 2 amide bonds. The van der Waals surface area contributed by atoms with Gasteiger partial charge in [0.05, 0.1) is 18.5 Å². The molecular weight excluding hydrogens is 530 g/mol. The third-order valence-corrected chi connectivity index (χ3v) is 10.4. The van der Waals surface area contributed by atoms with Gasteiger partial charge in [0, 0.05) is 43.2 Å². The summed E-state index contributed by atoms with van der Waals surface area (Å²) in [6.07, 6.45) is 11.0. The van der Waals surface area contributed by atoms with Crippen molar-refractivity contribution in [2.45, 2.75) is 82.8 Å². The van der Waals surface area contributed by atoms with E-state index in [-0.39, 0.29) is 23.9 Å². The lowest BCUT2D eigenvalue weighted by molar-refractivity contribution is -0.120. The standard InChI is InChI=1S/C32H43N7O3/c1-4-26-31(41)38(3)27-17-33-32(36-29(27)39(26)22-7-5-6-8-22)35-25-10-9-24(23-12-14-42-28(23)25)30(40)34-21-15-19-11-13-37(2)18-20(19)16-21/h9-10,17,19-22,26H,4-8,11-16,18H2,1-3H3,(H,34,40)(H,33,35,36). The molecule has 4 atom stereocenters. The topological polar surface area (TPSA) is 103 Å². The number of anilines is 4. The lowest BCUT2D eigenvalue weighted by atomic mass is 9.89. The molecule has 0 bridgehead atoms. The van der Waals surface area contributed by atoms with Crippen LogP contribution in [0.4, 0.5) is 23.1 Å². The second-order valence-electron chi connectivity index (χ2n) is 13.0. The number of nitrogens with zero attached hydrogens (tertiary/aromatic N) is 5. The molecule has 1 aromatic heterocycles. The van der Waals surface area contributed by atoms with E-state index in [1.165, 1.54) is 19.3 Å². The number of benzene rings is 1. The van der Waals surface area contributed by atoms with Crippen molar-refractivity contribution < 1.29 is 14.3 Å². The van der Waals surface area contributed by atoms with Crippen LogP contribution in [-0.2, 0) is 11.2 Å². The fourth-order valence-electron chi connectivity index (χ4n) is 8.22. The molecule has 4 unspecified atom stereocenters. The third kappa shape index (κ3) is 4.77. The van der Waals surface area contributed by atoms with Crippen LogP contribution in [0.1, 0.15) is 74.2 Å². The summed E-state index contributed by atoms with van der Waals surface area (Å²) in [6.45, 7) is 4.90. The van der Waals surface area contributed by atoms with E-state index in [9.17, 15) is 9.59 Å². The van der Waals surface area contributed by atoms with Crippen LogP contribution in [0.15, 0.2) is 18.3 Å². The summed E-state index contributed by atoms with van der Waals surface area (Å²) in [5.41, 5.74) is 3.14. The minimum absolute atomic E-state index is 0.00384. The lowest BCUT2D eigenvalue weighted by Crippen LogP contribution is -2.55. The Morgan fingerprint density at radius 1 is 1.12 bits per heavy atom. The number of likely N-dealkylation sites (N-methyl/N-ethyl adjacent to an activating group) is 1. The fourth-order valence-corrected chi connectivity index (χ4v) is 8.22. The van der Waals surface area contributed by atoms with Gasteiger partial charge in [0.2, 0.25) is 11.9 Å². The van der Waals surface area contributed by atoms with Crippen molar-refractivity contribution in [2.75, 3.05) is 48.9 Å². The van der Waals surface area contributed by atoms with Crippen molar-refractivity contribution in [2.24, 2.45) is 11.8 Å². The number of aromatic nitrogens is 2. The molecule has 1 saturated heterocycles. The van der Waals surface area contributed by atoms with E-state index < -0.39 is 0 Å². The normalized spacial score (nSPS) is 27.5. The highest BCUT2D eigenvalue weighted by molar-refractivity contribution is 6.04. The lowest BCUT2D eigenvalue weighted by Gasteiger charge is -2.43. The highest BCUT2D eigenvalue weighted by atomic mass is 16.5. The van der Waals surface area contributed by atoms with Crippen molar-refractivity contribution >= 4 is 35.0 Å². The number of carbonyl (C=O) groups excluding carboxylic acids is 2. The van der Waals surface area contributed by atoms with Crippen LogP contribution in [0.2, 0.25) is 0 Å². The van der Waals surface area contributed by atoms with Gasteiger partial charge >= 0.3 is 0 Å². The minimum Gasteiger partial charge on any atom is -0.491 e. The van der Waals surface area contributed by atoms with Gasteiger partial charge in [-0.15, -0.1) is 0 Å². The van der Waals surface area contributed by atoms with Gasteiger partial charge in [-0.2, -0.15) is 4.98 Å². The second kappa shape index (κ2) is 11.0. The molecule has 10 nitrogen and oxygen atoms in total. The van der Waals surface area contributed by atoms with Crippen LogP contribution in [0, 0.1) is 11.8 Å². The number of carbonyl (C=O) groups is 2. The van der Waals surface area contributed by atoms with Gasteiger partial charge in [-0.1, -0.05) is 19.8 Å². The molecule has 2 aliphatic carbocycles. The highest BCUT2D eigenvalue weighted by Gasteiger charge is 2.42. The van der Waals surface area contributed by atoms with Gasteiger partial charge in [-0.05, 0) is 76.1 Å². The second-order valence-corrected chi connectivity index (χ2v) is 13.0. The predicted molar refractivity (Wildman–Crippen MR) is 163 cm³/mol. The molecule has 0 spiro atoms. The van der Waals surface area contributed by atoms with Crippen molar-refractivity contribution in [1.29, 1.82) is 0 Å². The van der Waals surface area contributed by atoms with Crippen LogP contribution >= 0.6 is 0 Å². The zero-order valence-electron chi connectivity index (χ0n) is 25.1. The molecule has 2 N–H and O–H groups in total. The third-order valence-electron chi connectivity index (χ3n) is 10.4. The monoisotopic (exact) mass is 573 g/mol. The zero-order chi connectivity index (χ0) is 29.0. The van der Waals surface area contributed by atoms with E-state index in [4.69, 9.17) is 9.72 Å². The molecule has 2 saturated carbocycles. The van der Waals surface area contributed by atoms with Gasteiger partial charge < -0.3 is 30.1 Å². The number of rotatable bonds is 6. The van der Waals surface area contributed by atoms with E-state index in [0.717, 1.165) is 73.9 Å². The van der Waals surface area contributed by atoms with E-state index >= 15 is 0 Å². The number of nitrogens with one attached hydrogen (secondary N) is 2. The van der Waals surface area contributed by atoms with Crippen LogP contribution in [0.3, 0.4) is 0 Å². The van der Waals surface area contributed by atoms with E-state index in [1.807, 2.05) is 19.2 Å². The molecule has 3 fully saturated rings. The number of ether oxygens (including phenoxy) is 1. The first-order chi connectivity index (χ1) is 20.4. The Kier molecular flexibility index (Phi) is 7.20. The average Bonchev–Trinajstić information content (AvgIpc) is 3.76. The smallest absolute Gasteiger partial charge is 0.251 e. The van der Waals surface area contributed by atoms with Gasteiger partial charge in [0.15, 0.2) is 5.82 Å². The summed E-state index contributed by atoms with van der Waals surface area (Å²) in [5, 5.41) is 6.74. The van der Waals surface area contributed by atoms with Gasteiger partial charge in [-0.3, -0.25) is 9.59 Å². The summed E-state index contributed by atoms with van der Waals surface area (Å²) >= 11 is 0. The fraction of sp³-hybridized carbons (Fsp3) is 0.625. The predicted octanol–water partition coefficient (Wildman–Crippen LogP) is 4.12. The molecule has 42 heavy (non-hydrogen) atoms. The van der Waals surface area contributed by atoms with Crippen molar-refractivity contribution in [3.63, 3.8) is 0 Å². The van der Waals surface area contributed by atoms with Crippen LogP contribution in [0.5, 0.6) is 5.75 Å². The summed E-state index contributed by atoms with van der Waals surface area (Å²) < 4.78 is 6.07. The number of hydrogen-bond acceptors (Lipinski definition) is 8. The maximum absolute atomic E-state index is 13.5. The van der Waals surface area contributed by atoms with E-state index in [1.54, 1.807) is 11.1 Å². The van der Waals surface area contributed by atoms with Crippen molar-refractivity contribution in [3.05, 3.63) is 29.5 Å². The Balaban J connectivity index is 1.12. The van der Waals surface area contributed by atoms with Crippen molar-refractivity contribution in [3.8, 4) is 5.75 Å². The Morgan fingerprint density at radius 3 is 2.74 bits per heavy atom. The van der Waals surface area contributed by atoms with E-state index in [0.29, 0.717) is 42.2 Å². The number of hydrogen-bond donors (Lipinski definition) is 2. The molecule has 3 aliphatic heterocycles. The van der Waals surface area contributed by atoms with Gasteiger partial charge in [0.25, 0.3) is 5.91 Å². The highest BCUT2D eigenvalue weighted by Crippen LogP contribution is 2.42. The summed E-state index contributed by atoms with van der Waals surface area (Å²) in [6, 6.07) is 4.14. The molecule has 10 heteroatoms. The summed E-state index contributed by atoms with van der Waals surface area (Å²) in [7, 11) is 4.01. The van der Waals surface area contributed by atoms with E-state index in [2.05, 4.69) is 39.4 Å². The maximum atomic E-state index is 13.5. The van der Waals surface area contributed by atoms with Crippen molar-refractivity contribution in [1.82, 2.24) is 20.2 Å². The summed E-state index contributed by atoms with van der Waals surface area (Å²) in [4.78, 5) is 42.7. The number of fused-ring (bicyclic) bond motifs is 3. The molecule has 224 valence electrons. The number of likely N-dealkylation sites (tertiary alicyclic amines) is 1. The Labute approximate surface area is 248 Å². The van der Waals surface area contributed by atoms with Gasteiger partial charge in [0.1, 0.15) is 17.5 Å². The maximum Gasteiger partial charge on any atom is 0.251 e. The SMILES string of the molecule is CCC1C(=O)N(C)c2cnc(Nc3ccc(C(=O)NC4CC5CCN(C)CC5C4)c4c3OCC4)nc2N1C1CCCC1. The zero-order valence-corrected chi connectivity index (χ0v) is 25.1. The largest absolute Gasteiger partial charge is 0.491 e. The van der Waals surface area contributed by atoms with Gasteiger partial charge in [-0.25, -0.2) is 4.98 Å². The molecular formula is C32H43N7O3. The van der Waals surface area contributed by atoms with Crippen LogP contribution < -0.4 is 25.2 Å². The number of amides is 2. The summed E-state index contributed by atoms with van der Waals surface area (Å²) in [5.74, 6) is 3.48. The first kappa shape index (κ1) is 27.4. The number of piperidine rings is 1. The first-order valence-corrected chi connectivity index (χ1v) is 15.9. The first-order valence-electron chi connectivity index (χ1n) is 15.9. The van der Waals surface area contributed by atoms with Crippen LogP contribution in [-0.4, -0.2) is 78.6 Å². The quantitative estimate of drug-likeness (QED) is 0.532. The molecule has 0 radical (unpaired) electrons.